The van der Waals surface area contributed by atoms with Crippen molar-refractivity contribution in [3.8, 4) is 0 Å². The smallest absolute Gasteiger partial charge is 0.306 e. The molecular formula is C64H100O6. The number of rotatable bonds is 48. The number of hydrogen-bond donors (Lipinski definition) is 0. The van der Waals surface area contributed by atoms with Crippen molar-refractivity contribution in [3.05, 3.63) is 146 Å². The molecule has 0 aliphatic carbocycles. The van der Waals surface area contributed by atoms with E-state index in [-0.39, 0.29) is 31.1 Å². The lowest BCUT2D eigenvalue weighted by atomic mass is 10.1. The van der Waals surface area contributed by atoms with Crippen molar-refractivity contribution in [2.75, 3.05) is 13.2 Å². The summed E-state index contributed by atoms with van der Waals surface area (Å²) in [5.41, 5.74) is 0. The molecule has 0 fully saturated rings. The molecule has 0 amide bonds. The van der Waals surface area contributed by atoms with Crippen molar-refractivity contribution in [2.24, 2.45) is 0 Å². The van der Waals surface area contributed by atoms with Gasteiger partial charge < -0.3 is 14.2 Å². The molecule has 0 aromatic heterocycles. The summed E-state index contributed by atoms with van der Waals surface area (Å²) in [7, 11) is 0. The summed E-state index contributed by atoms with van der Waals surface area (Å²) in [6.45, 7) is 6.27. The molecule has 0 saturated carbocycles. The first-order valence-electron chi connectivity index (χ1n) is 27.8. The molecule has 0 heterocycles. The molecular weight excluding hydrogens is 865 g/mol. The fourth-order valence-corrected chi connectivity index (χ4v) is 6.94. The highest BCUT2D eigenvalue weighted by molar-refractivity contribution is 5.71. The normalized spacial score (nSPS) is 13.2. The minimum atomic E-state index is -0.814. The number of esters is 3. The second kappa shape index (κ2) is 56.9. The third-order valence-electron chi connectivity index (χ3n) is 11.0. The Morgan fingerprint density at radius 3 is 0.914 bits per heavy atom. The maximum atomic E-state index is 12.8. The fourth-order valence-electron chi connectivity index (χ4n) is 6.94. The van der Waals surface area contributed by atoms with Crippen LogP contribution in [-0.4, -0.2) is 37.2 Å². The summed E-state index contributed by atoms with van der Waals surface area (Å²) in [4.78, 5) is 38.0. The van der Waals surface area contributed by atoms with Gasteiger partial charge in [-0.2, -0.15) is 0 Å². The summed E-state index contributed by atoms with van der Waals surface area (Å²) in [6.07, 6.45) is 81.3. The first-order chi connectivity index (χ1) is 34.5. The van der Waals surface area contributed by atoms with Gasteiger partial charge in [0.25, 0.3) is 0 Å². The number of hydrogen-bond acceptors (Lipinski definition) is 6. The number of allylic oxidation sites excluding steroid dienone is 24. The predicted octanol–water partition coefficient (Wildman–Crippen LogP) is 18.8. The van der Waals surface area contributed by atoms with E-state index in [9.17, 15) is 14.4 Å². The Kier molecular flexibility index (Phi) is 53.0. The number of ether oxygens (including phenoxy) is 3. The minimum Gasteiger partial charge on any atom is -0.462 e. The summed E-state index contributed by atoms with van der Waals surface area (Å²) in [6, 6.07) is 0. The molecule has 0 N–H and O–H groups in total. The van der Waals surface area contributed by atoms with Gasteiger partial charge in [-0.25, -0.2) is 0 Å². The van der Waals surface area contributed by atoms with E-state index < -0.39 is 6.10 Å². The monoisotopic (exact) mass is 965 g/mol. The first-order valence-corrected chi connectivity index (χ1v) is 27.8. The Morgan fingerprint density at radius 1 is 0.300 bits per heavy atom. The van der Waals surface area contributed by atoms with Crippen LogP contribution in [0, 0.1) is 0 Å². The van der Waals surface area contributed by atoms with Crippen LogP contribution >= 0.6 is 0 Å². The second-order valence-corrected chi connectivity index (χ2v) is 17.7. The SMILES string of the molecule is CC/C=C\C/C=C\C/C=C\C/C=C\C/C=C\C/C=C\C/C=C\C/C=C\CCCCC(=O)OCC(COC(=O)CCCCCCC/C=C\CCC)OC(=O)CCCCCCC/C=C\C/C=C\C/C=C\CC. The van der Waals surface area contributed by atoms with E-state index in [0.29, 0.717) is 25.7 Å². The Labute approximate surface area is 429 Å². The van der Waals surface area contributed by atoms with Gasteiger partial charge in [0, 0.05) is 19.3 Å². The van der Waals surface area contributed by atoms with Gasteiger partial charge >= 0.3 is 17.9 Å². The predicted molar refractivity (Wildman–Crippen MR) is 302 cm³/mol. The summed E-state index contributed by atoms with van der Waals surface area (Å²) in [5.74, 6) is -0.992. The summed E-state index contributed by atoms with van der Waals surface area (Å²) in [5, 5.41) is 0. The molecule has 70 heavy (non-hydrogen) atoms. The molecule has 0 bridgehead atoms. The van der Waals surface area contributed by atoms with Crippen LogP contribution in [-0.2, 0) is 28.6 Å². The van der Waals surface area contributed by atoms with E-state index in [4.69, 9.17) is 14.2 Å². The maximum absolute atomic E-state index is 12.8. The van der Waals surface area contributed by atoms with E-state index in [1.807, 2.05) is 0 Å². The number of unbranched alkanes of at least 4 members (excludes halogenated alkanes) is 13. The summed E-state index contributed by atoms with van der Waals surface area (Å²) >= 11 is 0. The Hall–Kier alpha value is -4.71. The Morgan fingerprint density at radius 2 is 0.557 bits per heavy atom. The number of carbonyl (C=O) groups is 3. The van der Waals surface area contributed by atoms with Gasteiger partial charge in [0.1, 0.15) is 13.2 Å². The van der Waals surface area contributed by atoms with Gasteiger partial charge in [-0.3, -0.25) is 14.4 Å². The van der Waals surface area contributed by atoms with Gasteiger partial charge in [-0.1, -0.05) is 212 Å². The lowest BCUT2D eigenvalue weighted by molar-refractivity contribution is -0.167. The van der Waals surface area contributed by atoms with Crippen LogP contribution in [0.2, 0.25) is 0 Å². The lowest BCUT2D eigenvalue weighted by Gasteiger charge is -2.18. The van der Waals surface area contributed by atoms with Crippen molar-refractivity contribution in [3.63, 3.8) is 0 Å². The highest BCUT2D eigenvalue weighted by atomic mass is 16.6. The minimum absolute atomic E-state index is 0.109. The molecule has 0 aliphatic heterocycles. The van der Waals surface area contributed by atoms with Crippen LogP contribution in [0.1, 0.15) is 220 Å². The molecule has 0 saturated heterocycles. The van der Waals surface area contributed by atoms with Gasteiger partial charge in [0.15, 0.2) is 6.10 Å². The van der Waals surface area contributed by atoms with Crippen LogP contribution in [0.25, 0.3) is 0 Å². The van der Waals surface area contributed by atoms with Crippen LogP contribution in [0.4, 0.5) is 0 Å². The van der Waals surface area contributed by atoms with Crippen molar-refractivity contribution in [1.82, 2.24) is 0 Å². The molecule has 0 rings (SSSR count). The number of carbonyl (C=O) groups excluding carboxylic acids is 3. The van der Waals surface area contributed by atoms with Crippen molar-refractivity contribution >= 4 is 17.9 Å². The molecule has 392 valence electrons. The van der Waals surface area contributed by atoms with E-state index >= 15 is 0 Å². The molecule has 1 unspecified atom stereocenters. The van der Waals surface area contributed by atoms with E-state index in [1.165, 1.54) is 12.8 Å². The Bertz CT molecular complexity index is 1580. The molecule has 0 radical (unpaired) electrons. The van der Waals surface area contributed by atoms with Crippen LogP contribution in [0.5, 0.6) is 0 Å². The standard InChI is InChI=1S/C64H100O6/c1-4-7-10-13-16-19-22-24-26-27-28-29-30-31-32-33-34-35-36-37-39-40-42-45-48-51-54-57-63(66)69-60-61(59-68-62(65)56-53-50-47-44-21-18-15-12-9-6-3)70-64(67)58-55-52-49-46-43-41-38-25-23-20-17-14-11-8-5-2/h7-8,10-12,15-17,19-20,24-26,28-29,31-32,34-35,37-39,42,45,61H,4-6,9,13-14,18,21-23,27,30,33,36,40-41,43-44,46-60H2,1-3H3/b10-7-,11-8-,15-12-,19-16-,20-17-,26-24-,29-28-,32-31-,35-34-,38-25-,39-37-,45-42-. The molecule has 0 aromatic carbocycles. The van der Waals surface area contributed by atoms with Gasteiger partial charge in [-0.15, -0.1) is 0 Å². The van der Waals surface area contributed by atoms with Crippen molar-refractivity contribution in [1.29, 1.82) is 0 Å². The molecule has 0 aliphatic rings. The van der Waals surface area contributed by atoms with E-state index in [0.717, 1.165) is 161 Å². The average molecular weight is 965 g/mol. The van der Waals surface area contributed by atoms with E-state index in [1.54, 1.807) is 0 Å². The highest BCUT2D eigenvalue weighted by Crippen LogP contribution is 2.12. The molecule has 1 atom stereocenters. The van der Waals surface area contributed by atoms with Gasteiger partial charge in [0.05, 0.1) is 0 Å². The van der Waals surface area contributed by atoms with Crippen LogP contribution in [0.3, 0.4) is 0 Å². The highest BCUT2D eigenvalue weighted by Gasteiger charge is 2.19. The second-order valence-electron chi connectivity index (χ2n) is 17.7. The molecule has 6 heteroatoms. The zero-order valence-electron chi connectivity index (χ0n) is 44.7. The first kappa shape index (κ1) is 65.3. The summed E-state index contributed by atoms with van der Waals surface area (Å²) < 4.78 is 16.7. The molecule has 0 spiro atoms. The fraction of sp³-hybridized carbons (Fsp3) is 0.578. The average Bonchev–Trinajstić information content (AvgIpc) is 3.36. The van der Waals surface area contributed by atoms with Gasteiger partial charge in [0.2, 0.25) is 0 Å². The zero-order chi connectivity index (χ0) is 50.7. The van der Waals surface area contributed by atoms with Crippen molar-refractivity contribution in [2.45, 2.75) is 226 Å². The van der Waals surface area contributed by atoms with Crippen LogP contribution in [0.15, 0.2) is 146 Å². The quantitative estimate of drug-likeness (QED) is 0.0262. The molecule has 6 nitrogen and oxygen atoms in total. The zero-order valence-corrected chi connectivity index (χ0v) is 44.7. The maximum Gasteiger partial charge on any atom is 0.306 e. The van der Waals surface area contributed by atoms with Crippen molar-refractivity contribution < 1.29 is 28.6 Å². The molecule has 0 aromatic rings. The van der Waals surface area contributed by atoms with Crippen LogP contribution < -0.4 is 0 Å². The largest absolute Gasteiger partial charge is 0.462 e. The topological polar surface area (TPSA) is 78.9 Å². The Balaban J connectivity index is 4.42. The third-order valence-corrected chi connectivity index (χ3v) is 11.0. The lowest BCUT2D eigenvalue weighted by Crippen LogP contribution is -2.30. The van der Waals surface area contributed by atoms with Gasteiger partial charge in [-0.05, 0) is 135 Å². The third kappa shape index (κ3) is 54.2. The van der Waals surface area contributed by atoms with E-state index in [2.05, 4.69) is 167 Å².